The maximum atomic E-state index is 11.6. The van der Waals surface area contributed by atoms with Gasteiger partial charge in [0.05, 0.1) is 0 Å². The van der Waals surface area contributed by atoms with Crippen LogP contribution in [0.5, 0.6) is 0 Å². The largest absolute Gasteiger partial charge is 0.399 e. The maximum absolute atomic E-state index is 11.6. The maximum Gasteiger partial charge on any atom is 0.251 e. The summed E-state index contributed by atoms with van der Waals surface area (Å²) < 4.78 is 0. The molecule has 1 aromatic carbocycles. The van der Waals surface area contributed by atoms with Crippen LogP contribution in [0, 0.1) is 6.92 Å². The SMILES string of the molecule is Cc1cc(N)ccc1C(=O)NCCCO. The number of anilines is 1. The summed E-state index contributed by atoms with van der Waals surface area (Å²) in [4.78, 5) is 11.6. The predicted octanol–water partition coefficient (Wildman–Crippen LogP) is 0.689. The Morgan fingerprint density at radius 3 is 2.87 bits per heavy atom. The molecule has 0 bridgehead atoms. The summed E-state index contributed by atoms with van der Waals surface area (Å²) in [5.41, 5.74) is 7.72. The summed E-state index contributed by atoms with van der Waals surface area (Å²) in [6, 6.07) is 5.17. The molecule has 0 heterocycles. The van der Waals surface area contributed by atoms with E-state index in [1.807, 2.05) is 6.92 Å². The second-order valence-electron chi connectivity index (χ2n) is 3.41. The molecular weight excluding hydrogens is 192 g/mol. The molecule has 1 rings (SSSR count). The first-order valence-corrected chi connectivity index (χ1v) is 4.90. The third kappa shape index (κ3) is 3.25. The molecular formula is C11H16N2O2. The third-order valence-corrected chi connectivity index (χ3v) is 2.12. The van der Waals surface area contributed by atoms with E-state index < -0.39 is 0 Å². The summed E-state index contributed by atoms with van der Waals surface area (Å²) >= 11 is 0. The fourth-order valence-electron chi connectivity index (χ4n) is 1.32. The number of rotatable bonds is 4. The van der Waals surface area contributed by atoms with Gasteiger partial charge in [-0.25, -0.2) is 0 Å². The van der Waals surface area contributed by atoms with Crippen molar-refractivity contribution in [1.29, 1.82) is 0 Å². The Balaban J connectivity index is 2.65. The standard InChI is InChI=1S/C11H16N2O2/c1-8-7-9(12)3-4-10(8)11(15)13-5-2-6-14/h3-4,7,14H,2,5-6,12H2,1H3,(H,13,15). The number of nitrogens with two attached hydrogens (primary N) is 1. The molecule has 4 heteroatoms. The molecule has 4 N–H and O–H groups in total. The monoisotopic (exact) mass is 208 g/mol. The minimum Gasteiger partial charge on any atom is -0.399 e. The van der Waals surface area contributed by atoms with Crippen molar-refractivity contribution in [3.8, 4) is 0 Å². The van der Waals surface area contributed by atoms with Crippen molar-refractivity contribution >= 4 is 11.6 Å². The lowest BCUT2D eigenvalue weighted by atomic mass is 10.1. The first-order chi connectivity index (χ1) is 7.15. The van der Waals surface area contributed by atoms with Gasteiger partial charge in [0.1, 0.15) is 0 Å². The lowest BCUT2D eigenvalue weighted by Crippen LogP contribution is -2.25. The van der Waals surface area contributed by atoms with Gasteiger partial charge in [0.2, 0.25) is 0 Å². The van der Waals surface area contributed by atoms with Gasteiger partial charge in [0.25, 0.3) is 5.91 Å². The summed E-state index contributed by atoms with van der Waals surface area (Å²) in [6.07, 6.45) is 0.569. The molecule has 0 radical (unpaired) electrons. The first-order valence-electron chi connectivity index (χ1n) is 4.90. The lowest BCUT2D eigenvalue weighted by Gasteiger charge is -2.07. The Bertz CT molecular complexity index is 350. The molecule has 82 valence electrons. The number of benzene rings is 1. The number of hydrogen-bond donors (Lipinski definition) is 3. The van der Waals surface area contributed by atoms with E-state index in [-0.39, 0.29) is 12.5 Å². The molecule has 0 saturated heterocycles. The highest BCUT2D eigenvalue weighted by Crippen LogP contribution is 2.12. The van der Waals surface area contributed by atoms with E-state index in [9.17, 15) is 4.79 Å². The van der Waals surface area contributed by atoms with Crippen LogP contribution in [0.1, 0.15) is 22.3 Å². The average molecular weight is 208 g/mol. The third-order valence-electron chi connectivity index (χ3n) is 2.12. The summed E-state index contributed by atoms with van der Waals surface area (Å²) in [6.45, 7) is 2.41. The van der Waals surface area contributed by atoms with Crippen LogP contribution < -0.4 is 11.1 Å². The zero-order chi connectivity index (χ0) is 11.3. The predicted molar refractivity (Wildman–Crippen MR) is 59.6 cm³/mol. The van der Waals surface area contributed by atoms with Crippen molar-refractivity contribution < 1.29 is 9.90 Å². The lowest BCUT2D eigenvalue weighted by molar-refractivity contribution is 0.0950. The smallest absolute Gasteiger partial charge is 0.251 e. The Kier molecular flexibility index (Phi) is 4.12. The highest BCUT2D eigenvalue weighted by molar-refractivity contribution is 5.95. The molecule has 0 atom stereocenters. The van der Waals surface area contributed by atoms with Crippen molar-refractivity contribution in [2.45, 2.75) is 13.3 Å². The van der Waals surface area contributed by atoms with E-state index in [4.69, 9.17) is 10.8 Å². The minimum absolute atomic E-state index is 0.0843. The van der Waals surface area contributed by atoms with Gasteiger partial charge in [-0.2, -0.15) is 0 Å². The second kappa shape index (κ2) is 5.36. The number of carbonyl (C=O) groups excluding carboxylic acids is 1. The molecule has 1 amide bonds. The Morgan fingerprint density at radius 1 is 1.53 bits per heavy atom. The highest BCUT2D eigenvalue weighted by atomic mass is 16.3. The Morgan fingerprint density at radius 2 is 2.27 bits per heavy atom. The number of aliphatic hydroxyl groups excluding tert-OH is 1. The second-order valence-corrected chi connectivity index (χ2v) is 3.41. The quantitative estimate of drug-likeness (QED) is 0.503. The van der Waals surface area contributed by atoms with E-state index in [0.29, 0.717) is 24.2 Å². The van der Waals surface area contributed by atoms with Crippen molar-refractivity contribution in [3.63, 3.8) is 0 Å². The van der Waals surface area contributed by atoms with Crippen LogP contribution >= 0.6 is 0 Å². The van der Waals surface area contributed by atoms with E-state index in [1.54, 1.807) is 18.2 Å². The number of hydrogen-bond acceptors (Lipinski definition) is 3. The van der Waals surface area contributed by atoms with Gasteiger partial charge in [-0.05, 0) is 37.1 Å². The number of nitrogens with one attached hydrogen (secondary N) is 1. The summed E-state index contributed by atoms with van der Waals surface area (Å²) in [5, 5.41) is 11.3. The average Bonchev–Trinajstić information content (AvgIpc) is 2.17. The van der Waals surface area contributed by atoms with E-state index in [0.717, 1.165) is 5.56 Å². The fourth-order valence-corrected chi connectivity index (χ4v) is 1.32. The summed E-state index contributed by atoms with van der Waals surface area (Å²) in [5.74, 6) is -0.124. The Hall–Kier alpha value is -1.55. The number of aliphatic hydroxyl groups is 1. The van der Waals surface area contributed by atoms with Crippen LogP contribution in [0.3, 0.4) is 0 Å². The van der Waals surface area contributed by atoms with Crippen LogP contribution in [0.4, 0.5) is 5.69 Å². The van der Waals surface area contributed by atoms with Crippen LogP contribution in [0.15, 0.2) is 18.2 Å². The molecule has 1 aromatic rings. The van der Waals surface area contributed by atoms with Gasteiger partial charge >= 0.3 is 0 Å². The van der Waals surface area contributed by atoms with Gasteiger partial charge in [0.15, 0.2) is 0 Å². The van der Waals surface area contributed by atoms with Gasteiger partial charge in [-0.15, -0.1) is 0 Å². The van der Waals surface area contributed by atoms with E-state index >= 15 is 0 Å². The van der Waals surface area contributed by atoms with Crippen molar-refractivity contribution in [1.82, 2.24) is 5.32 Å². The molecule has 0 aromatic heterocycles. The van der Waals surface area contributed by atoms with Gasteiger partial charge in [-0.3, -0.25) is 4.79 Å². The number of aryl methyl sites for hydroxylation is 1. The van der Waals surface area contributed by atoms with Gasteiger partial charge in [0, 0.05) is 24.4 Å². The Labute approximate surface area is 89.1 Å². The van der Waals surface area contributed by atoms with Crippen LogP contribution in [-0.4, -0.2) is 24.2 Å². The molecule has 0 spiro atoms. The molecule has 15 heavy (non-hydrogen) atoms. The molecule has 0 aliphatic heterocycles. The van der Waals surface area contributed by atoms with Crippen LogP contribution in [0.2, 0.25) is 0 Å². The van der Waals surface area contributed by atoms with Gasteiger partial charge in [-0.1, -0.05) is 0 Å². The zero-order valence-electron chi connectivity index (χ0n) is 8.79. The minimum atomic E-state index is -0.124. The van der Waals surface area contributed by atoms with Crippen molar-refractivity contribution in [2.75, 3.05) is 18.9 Å². The van der Waals surface area contributed by atoms with E-state index in [1.165, 1.54) is 0 Å². The van der Waals surface area contributed by atoms with Crippen LogP contribution in [0.25, 0.3) is 0 Å². The topological polar surface area (TPSA) is 75.4 Å². The normalized spacial score (nSPS) is 10.0. The van der Waals surface area contributed by atoms with Gasteiger partial charge < -0.3 is 16.2 Å². The molecule has 0 saturated carbocycles. The number of nitrogen functional groups attached to an aromatic ring is 1. The summed E-state index contributed by atoms with van der Waals surface area (Å²) in [7, 11) is 0. The van der Waals surface area contributed by atoms with E-state index in [2.05, 4.69) is 5.32 Å². The van der Waals surface area contributed by atoms with Crippen LogP contribution in [-0.2, 0) is 0 Å². The molecule has 0 fully saturated rings. The van der Waals surface area contributed by atoms with Crippen molar-refractivity contribution in [2.24, 2.45) is 0 Å². The first kappa shape index (κ1) is 11.5. The fraction of sp³-hybridized carbons (Fsp3) is 0.364. The highest BCUT2D eigenvalue weighted by Gasteiger charge is 2.07. The molecule has 0 unspecified atom stereocenters. The number of carbonyl (C=O) groups is 1. The molecule has 0 aliphatic rings. The number of amides is 1. The molecule has 0 aliphatic carbocycles. The van der Waals surface area contributed by atoms with Crippen molar-refractivity contribution in [3.05, 3.63) is 29.3 Å². The molecule has 4 nitrogen and oxygen atoms in total. The zero-order valence-corrected chi connectivity index (χ0v) is 8.79.